The van der Waals surface area contributed by atoms with E-state index in [0.717, 1.165) is 11.4 Å². The van der Waals surface area contributed by atoms with Crippen molar-refractivity contribution in [1.29, 1.82) is 0 Å². The predicted octanol–water partition coefficient (Wildman–Crippen LogP) is 1.69. The number of pyridine rings is 1. The first-order valence-corrected chi connectivity index (χ1v) is 6.60. The Kier molecular flexibility index (Phi) is 4.25. The van der Waals surface area contributed by atoms with E-state index in [2.05, 4.69) is 25.9 Å². The van der Waals surface area contributed by atoms with E-state index in [1.807, 2.05) is 6.92 Å². The van der Waals surface area contributed by atoms with Crippen LogP contribution in [-0.4, -0.2) is 21.1 Å². The molecule has 2 aromatic rings. The first-order chi connectivity index (χ1) is 9.13. The summed E-state index contributed by atoms with van der Waals surface area (Å²) in [5.41, 5.74) is 2.43. The Labute approximate surface area is 118 Å². The summed E-state index contributed by atoms with van der Waals surface area (Å²) in [6, 6.07) is 3.11. The fourth-order valence-electron chi connectivity index (χ4n) is 1.29. The summed E-state index contributed by atoms with van der Waals surface area (Å²) >= 11 is 7.23. The molecule has 0 saturated heterocycles. The van der Waals surface area contributed by atoms with Gasteiger partial charge in [0.15, 0.2) is 0 Å². The third-order valence-corrected chi connectivity index (χ3v) is 3.49. The molecular weight excluding hydrogens is 288 g/mol. The van der Waals surface area contributed by atoms with Gasteiger partial charge < -0.3 is 5.43 Å². The van der Waals surface area contributed by atoms with Crippen molar-refractivity contribution in [3.05, 3.63) is 27.9 Å². The number of nitrogens with two attached hydrogens (primary N) is 1. The number of hydrogen-bond acceptors (Lipinski definition) is 7. The van der Waals surface area contributed by atoms with Crippen LogP contribution in [0, 0.1) is 0 Å². The van der Waals surface area contributed by atoms with Crippen molar-refractivity contribution >= 4 is 39.8 Å². The second kappa shape index (κ2) is 5.91. The number of nitrogens with zero attached hydrogens (tertiary/aromatic N) is 3. The molecule has 0 aliphatic carbocycles. The Hall–Kier alpha value is -1.77. The topological polar surface area (TPSA) is 106 Å². The van der Waals surface area contributed by atoms with Gasteiger partial charge in [0, 0.05) is 0 Å². The minimum absolute atomic E-state index is 0.0744. The van der Waals surface area contributed by atoms with Crippen LogP contribution in [0.2, 0.25) is 5.02 Å². The average Bonchev–Trinajstić information content (AvgIpc) is 2.87. The van der Waals surface area contributed by atoms with Crippen molar-refractivity contribution in [2.45, 2.75) is 13.3 Å². The van der Waals surface area contributed by atoms with Gasteiger partial charge in [0.05, 0.1) is 5.02 Å². The molecule has 0 bridgehead atoms. The van der Waals surface area contributed by atoms with Crippen molar-refractivity contribution in [2.24, 2.45) is 5.84 Å². The van der Waals surface area contributed by atoms with E-state index in [4.69, 9.17) is 17.4 Å². The van der Waals surface area contributed by atoms with Crippen molar-refractivity contribution in [1.82, 2.24) is 15.2 Å². The van der Waals surface area contributed by atoms with E-state index in [-0.39, 0.29) is 10.7 Å². The standard InChI is InChI=1S/C10H11ClN6OS/c1-2-7-16-17-10(19-7)14-9(18)8-5(11)3-4-6(13-8)15-12/h3-4H,2,12H2,1H3,(H,13,15)(H,14,17,18). The fourth-order valence-corrected chi connectivity index (χ4v) is 2.15. The van der Waals surface area contributed by atoms with Gasteiger partial charge in [-0.15, -0.1) is 10.2 Å². The number of carbonyl (C=O) groups excluding carboxylic acids is 1. The summed E-state index contributed by atoms with van der Waals surface area (Å²) in [4.78, 5) is 16.0. The Bertz CT molecular complexity index is 601. The minimum Gasteiger partial charge on any atom is -0.308 e. The van der Waals surface area contributed by atoms with Crippen LogP contribution in [-0.2, 0) is 6.42 Å². The first kappa shape index (κ1) is 13.7. The normalized spacial score (nSPS) is 10.3. The zero-order chi connectivity index (χ0) is 13.8. The van der Waals surface area contributed by atoms with Gasteiger partial charge in [0.1, 0.15) is 16.5 Å². The maximum atomic E-state index is 12.0. The highest BCUT2D eigenvalue weighted by atomic mass is 35.5. The quantitative estimate of drug-likeness (QED) is 0.586. The Balaban J connectivity index is 2.19. The molecule has 1 amide bonds. The highest BCUT2D eigenvalue weighted by Gasteiger charge is 2.15. The number of hydrogen-bond donors (Lipinski definition) is 3. The molecule has 0 aromatic carbocycles. The number of halogens is 1. The summed E-state index contributed by atoms with van der Waals surface area (Å²) in [6.07, 6.45) is 0.763. The maximum Gasteiger partial charge on any atom is 0.277 e. The van der Waals surface area contributed by atoms with E-state index < -0.39 is 5.91 Å². The minimum atomic E-state index is -0.457. The zero-order valence-corrected chi connectivity index (χ0v) is 11.5. The average molecular weight is 299 g/mol. The van der Waals surface area contributed by atoms with Crippen molar-refractivity contribution in [2.75, 3.05) is 10.7 Å². The molecule has 0 aliphatic rings. The van der Waals surface area contributed by atoms with Crippen LogP contribution >= 0.6 is 22.9 Å². The van der Waals surface area contributed by atoms with Gasteiger partial charge in [0.2, 0.25) is 5.13 Å². The van der Waals surface area contributed by atoms with Gasteiger partial charge in [-0.25, -0.2) is 10.8 Å². The third kappa shape index (κ3) is 3.16. The van der Waals surface area contributed by atoms with Crippen molar-refractivity contribution in [3.8, 4) is 0 Å². The molecule has 100 valence electrons. The Morgan fingerprint density at radius 3 is 2.89 bits per heavy atom. The van der Waals surface area contributed by atoms with Crippen LogP contribution in [0.3, 0.4) is 0 Å². The van der Waals surface area contributed by atoms with E-state index in [9.17, 15) is 4.79 Å². The molecule has 2 rings (SSSR count). The molecule has 2 heterocycles. The lowest BCUT2D eigenvalue weighted by Crippen LogP contribution is -2.16. The second-order valence-corrected chi connectivity index (χ2v) is 4.95. The number of hydrazine groups is 1. The summed E-state index contributed by atoms with van der Waals surface area (Å²) in [6.45, 7) is 1.96. The van der Waals surface area contributed by atoms with Gasteiger partial charge in [-0.2, -0.15) is 0 Å². The van der Waals surface area contributed by atoms with Crippen LogP contribution < -0.4 is 16.6 Å². The summed E-state index contributed by atoms with van der Waals surface area (Å²) in [5, 5.41) is 11.8. The van der Waals surface area contributed by atoms with Gasteiger partial charge in [-0.1, -0.05) is 29.9 Å². The van der Waals surface area contributed by atoms with Gasteiger partial charge in [-0.05, 0) is 18.6 Å². The fraction of sp³-hybridized carbons (Fsp3) is 0.200. The molecule has 0 radical (unpaired) electrons. The molecule has 2 aromatic heterocycles. The van der Waals surface area contributed by atoms with Crippen molar-refractivity contribution < 1.29 is 4.79 Å². The van der Waals surface area contributed by atoms with Gasteiger partial charge >= 0.3 is 0 Å². The van der Waals surface area contributed by atoms with E-state index in [1.54, 1.807) is 6.07 Å². The Morgan fingerprint density at radius 2 is 2.26 bits per heavy atom. The molecule has 0 saturated carbocycles. The Morgan fingerprint density at radius 1 is 1.47 bits per heavy atom. The molecule has 19 heavy (non-hydrogen) atoms. The van der Waals surface area contributed by atoms with E-state index in [0.29, 0.717) is 10.9 Å². The van der Waals surface area contributed by atoms with Crippen LogP contribution in [0.25, 0.3) is 0 Å². The van der Waals surface area contributed by atoms with Crippen LogP contribution in [0.4, 0.5) is 10.9 Å². The number of nitrogen functional groups attached to an aromatic ring is 1. The lowest BCUT2D eigenvalue weighted by molar-refractivity contribution is 0.102. The molecule has 4 N–H and O–H groups in total. The molecule has 9 heteroatoms. The molecule has 0 spiro atoms. The number of carbonyl (C=O) groups is 1. The maximum absolute atomic E-state index is 12.0. The van der Waals surface area contributed by atoms with Gasteiger partial charge in [-0.3, -0.25) is 10.1 Å². The van der Waals surface area contributed by atoms with Crippen LogP contribution in [0.5, 0.6) is 0 Å². The monoisotopic (exact) mass is 298 g/mol. The number of nitrogens with one attached hydrogen (secondary N) is 2. The number of aryl methyl sites for hydroxylation is 1. The van der Waals surface area contributed by atoms with Gasteiger partial charge in [0.25, 0.3) is 5.91 Å². The highest BCUT2D eigenvalue weighted by molar-refractivity contribution is 7.15. The number of aromatic nitrogens is 3. The first-order valence-electron chi connectivity index (χ1n) is 5.41. The molecular formula is C10H11ClN6OS. The summed E-state index contributed by atoms with van der Waals surface area (Å²) in [7, 11) is 0. The molecule has 7 nitrogen and oxygen atoms in total. The number of anilines is 2. The van der Waals surface area contributed by atoms with E-state index in [1.165, 1.54) is 17.4 Å². The van der Waals surface area contributed by atoms with Crippen LogP contribution in [0.1, 0.15) is 22.4 Å². The summed E-state index contributed by atoms with van der Waals surface area (Å²) in [5.74, 6) is 5.13. The number of amides is 1. The predicted molar refractivity (Wildman–Crippen MR) is 74.3 cm³/mol. The van der Waals surface area contributed by atoms with E-state index >= 15 is 0 Å². The smallest absolute Gasteiger partial charge is 0.277 e. The number of rotatable bonds is 4. The largest absolute Gasteiger partial charge is 0.308 e. The molecule has 0 atom stereocenters. The zero-order valence-electron chi connectivity index (χ0n) is 9.98. The second-order valence-electron chi connectivity index (χ2n) is 3.48. The third-order valence-electron chi connectivity index (χ3n) is 2.20. The SMILES string of the molecule is CCc1nnc(NC(=O)c2nc(NN)ccc2Cl)s1. The lowest BCUT2D eigenvalue weighted by Gasteiger charge is -2.05. The molecule has 0 fully saturated rings. The lowest BCUT2D eigenvalue weighted by atomic mass is 10.3. The highest BCUT2D eigenvalue weighted by Crippen LogP contribution is 2.20. The molecule has 0 unspecified atom stereocenters. The van der Waals surface area contributed by atoms with Crippen LogP contribution in [0.15, 0.2) is 12.1 Å². The summed E-state index contributed by atoms with van der Waals surface area (Å²) < 4.78 is 0. The molecule has 0 aliphatic heterocycles. The van der Waals surface area contributed by atoms with Crippen molar-refractivity contribution in [3.63, 3.8) is 0 Å².